The summed E-state index contributed by atoms with van der Waals surface area (Å²) in [5.41, 5.74) is 1.80. The lowest BCUT2D eigenvalue weighted by Gasteiger charge is -2.22. The molecule has 0 spiro atoms. The maximum atomic E-state index is 11.6. The zero-order valence-electron chi connectivity index (χ0n) is 26.3. The average molecular weight is 529 g/mol. The van der Waals surface area contributed by atoms with E-state index in [0.29, 0.717) is 24.4 Å². The number of carbonyl (C=O) groups excluding carboxylic acids is 2. The van der Waals surface area contributed by atoms with Crippen LogP contribution in [0, 0.1) is 10.8 Å². The van der Waals surface area contributed by atoms with Crippen molar-refractivity contribution in [2.24, 2.45) is 10.8 Å². The standard InChI is InChI=1S/C12H16O.C10H14O.C7H14O.C5H12O/c1-4-11(13)12(2,3)10-8-6-5-7-9-10;1-10(2,8-11)9-6-4-3-5-7-9;1-5-6(8)7(2,3)4;1-5(2,3)4-6/h5-9H,4H2,1-3H3;3-7,11H,8H2,1-2H3;5H2,1-4H3;6H,4H2,1-3H3. The van der Waals surface area contributed by atoms with E-state index in [9.17, 15) is 9.59 Å². The fraction of sp³-hybridized carbons (Fsp3) is 0.588. The molecule has 0 aliphatic heterocycles. The van der Waals surface area contributed by atoms with E-state index in [4.69, 9.17) is 10.2 Å². The van der Waals surface area contributed by atoms with Gasteiger partial charge in [0.1, 0.15) is 11.6 Å². The Morgan fingerprint density at radius 1 is 0.579 bits per heavy atom. The smallest absolute Gasteiger partial charge is 0.142 e. The number of ketones is 2. The fourth-order valence-electron chi connectivity index (χ4n) is 2.97. The molecule has 0 aliphatic rings. The van der Waals surface area contributed by atoms with Crippen LogP contribution in [-0.2, 0) is 20.4 Å². The average Bonchev–Trinajstić information content (AvgIpc) is 2.88. The van der Waals surface area contributed by atoms with Crippen molar-refractivity contribution in [1.82, 2.24) is 0 Å². The van der Waals surface area contributed by atoms with E-state index >= 15 is 0 Å². The monoisotopic (exact) mass is 528 g/mol. The second-order valence-corrected chi connectivity index (χ2v) is 12.9. The molecule has 0 heterocycles. The molecule has 216 valence electrons. The third kappa shape index (κ3) is 15.8. The SMILES string of the molecule is CC(C)(C)CO.CC(C)(CO)c1ccccc1.CCC(=O)C(C)(C)C.CCC(=O)C(C)(C)c1ccccc1. The number of benzene rings is 2. The van der Waals surface area contributed by atoms with Crippen LogP contribution in [0.1, 0.15) is 107 Å². The Morgan fingerprint density at radius 2 is 0.921 bits per heavy atom. The van der Waals surface area contributed by atoms with Crippen LogP contribution in [0.2, 0.25) is 0 Å². The van der Waals surface area contributed by atoms with E-state index in [-0.39, 0.29) is 34.9 Å². The summed E-state index contributed by atoms with van der Waals surface area (Å²) in [5, 5.41) is 17.5. The van der Waals surface area contributed by atoms with E-state index in [0.717, 1.165) is 5.56 Å². The van der Waals surface area contributed by atoms with Crippen molar-refractivity contribution in [3.8, 4) is 0 Å². The van der Waals surface area contributed by atoms with Gasteiger partial charge in [-0.2, -0.15) is 0 Å². The summed E-state index contributed by atoms with van der Waals surface area (Å²) in [6, 6.07) is 20.0. The molecule has 0 radical (unpaired) electrons. The molecule has 0 aliphatic carbocycles. The highest BCUT2D eigenvalue weighted by Gasteiger charge is 2.27. The van der Waals surface area contributed by atoms with Crippen molar-refractivity contribution in [3.63, 3.8) is 0 Å². The van der Waals surface area contributed by atoms with Crippen molar-refractivity contribution in [2.45, 2.75) is 107 Å². The quantitative estimate of drug-likeness (QED) is 0.399. The first-order chi connectivity index (χ1) is 17.3. The van der Waals surface area contributed by atoms with Gasteiger partial charge in [-0.25, -0.2) is 0 Å². The molecule has 0 fully saturated rings. The molecule has 0 saturated heterocycles. The van der Waals surface area contributed by atoms with Crippen LogP contribution in [0.4, 0.5) is 0 Å². The molecule has 0 aromatic heterocycles. The number of carbonyl (C=O) groups is 2. The Hall–Kier alpha value is -2.30. The lowest BCUT2D eigenvalue weighted by molar-refractivity contribution is -0.126. The van der Waals surface area contributed by atoms with Crippen molar-refractivity contribution in [3.05, 3.63) is 71.8 Å². The van der Waals surface area contributed by atoms with Gasteiger partial charge in [-0.05, 0) is 30.4 Å². The highest BCUT2D eigenvalue weighted by Crippen LogP contribution is 2.25. The summed E-state index contributed by atoms with van der Waals surface area (Å²) in [4.78, 5) is 22.5. The predicted molar refractivity (Wildman–Crippen MR) is 163 cm³/mol. The number of Topliss-reactive ketones (excluding diaryl/α,β-unsaturated/α-hetero) is 2. The number of aliphatic hydroxyl groups is 2. The largest absolute Gasteiger partial charge is 0.396 e. The van der Waals surface area contributed by atoms with Crippen LogP contribution in [0.5, 0.6) is 0 Å². The maximum Gasteiger partial charge on any atom is 0.142 e. The highest BCUT2D eigenvalue weighted by atomic mass is 16.3. The molecule has 0 amide bonds. The minimum Gasteiger partial charge on any atom is -0.396 e. The van der Waals surface area contributed by atoms with E-state index in [1.165, 1.54) is 5.56 Å². The van der Waals surface area contributed by atoms with Gasteiger partial charge in [0.2, 0.25) is 0 Å². The highest BCUT2D eigenvalue weighted by molar-refractivity contribution is 5.89. The molecule has 2 aromatic carbocycles. The van der Waals surface area contributed by atoms with Gasteiger partial charge in [0, 0.05) is 35.7 Å². The van der Waals surface area contributed by atoms with Gasteiger partial charge in [-0.1, -0.05) is 130 Å². The maximum absolute atomic E-state index is 11.6. The Kier molecular flexibility index (Phi) is 17.3. The van der Waals surface area contributed by atoms with Gasteiger partial charge in [0.25, 0.3) is 0 Å². The van der Waals surface area contributed by atoms with E-state index in [1.54, 1.807) is 0 Å². The molecule has 0 bridgehead atoms. The first-order valence-electron chi connectivity index (χ1n) is 13.7. The van der Waals surface area contributed by atoms with Gasteiger partial charge in [0.15, 0.2) is 0 Å². The predicted octanol–water partition coefficient (Wildman–Crippen LogP) is 7.94. The van der Waals surface area contributed by atoms with E-state index in [2.05, 4.69) is 0 Å². The number of rotatable bonds is 6. The molecule has 0 unspecified atom stereocenters. The van der Waals surface area contributed by atoms with Crippen LogP contribution in [0.15, 0.2) is 60.7 Å². The second kappa shape index (κ2) is 17.3. The molecule has 2 N–H and O–H groups in total. The van der Waals surface area contributed by atoms with Crippen molar-refractivity contribution in [2.75, 3.05) is 13.2 Å². The zero-order chi connectivity index (χ0) is 30.2. The van der Waals surface area contributed by atoms with Crippen LogP contribution in [-0.4, -0.2) is 35.0 Å². The normalized spacial score (nSPS) is 11.5. The molecule has 0 saturated carbocycles. The lowest BCUT2D eigenvalue weighted by Crippen LogP contribution is -2.28. The molecule has 38 heavy (non-hydrogen) atoms. The molecular weight excluding hydrogens is 472 g/mol. The van der Waals surface area contributed by atoms with Crippen molar-refractivity contribution in [1.29, 1.82) is 0 Å². The van der Waals surface area contributed by atoms with Crippen molar-refractivity contribution >= 4 is 11.6 Å². The van der Waals surface area contributed by atoms with Crippen LogP contribution >= 0.6 is 0 Å². The molecular formula is C34H56O4. The first-order valence-corrected chi connectivity index (χ1v) is 13.7. The zero-order valence-corrected chi connectivity index (χ0v) is 26.3. The molecule has 2 rings (SSSR count). The minimum absolute atomic E-state index is 0.0972. The minimum atomic E-state index is -0.337. The summed E-state index contributed by atoms with van der Waals surface area (Å²) < 4.78 is 0. The second-order valence-electron chi connectivity index (χ2n) is 12.9. The van der Waals surface area contributed by atoms with Crippen LogP contribution < -0.4 is 0 Å². The summed E-state index contributed by atoms with van der Waals surface area (Å²) in [6.07, 6.45) is 1.26. The lowest BCUT2D eigenvalue weighted by atomic mass is 9.80. The molecule has 4 heteroatoms. The van der Waals surface area contributed by atoms with Gasteiger partial charge in [-0.15, -0.1) is 0 Å². The van der Waals surface area contributed by atoms with Gasteiger partial charge in [-0.3, -0.25) is 9.59 Å². The van der Waals surface area contributed by atoms with E-state index < -0.39 is 0 Å². The summed E-state index contributed by atoms with van der Waals surface area (Å²) >= 11 is 0. The Balaban J connectivity index is 0. The Morgan fingerprint density at radius 3 is 1.16 bits per heavy atom. The first kappa shape index (κ1) is 37.9. The summed E-state index contributed by atoms with van der Waals surface area (Å²) in [5.74, 6) is 0.621. The van der Waals surface area contributed by atoms with Gasteiger partial charge >= 0.3 is 0 Å². The number of aliphatic hydroxyl groups excluding tert-OH is 2. The molecule has 0 atom stereocenters. The van der Waals surface area contributed by atoms with Crippen LogP contribution in [0.25, 0.3) is 0 Å². The third-order valence-corrected chi connectivity index (χ3v) is 6.10. The Bertz CT molecular complexity index is 899. The van der Waals surface area contributed by atoms with Gasteiger partial charge < -0.3 is 10.2 Å². The topological polar surface area (TPSA) is 74.6 Å². The van der Waals surface area contributed by atoms with E-state index in [1.807, 2.05) is 144 Å². The van der Waals surface area contributed by atoms with Gasteiger partial charge in [0.05, 0.1) is 6.61 Å². The van der Waals surface area contributed by atoms with Crippen molar-refractivity contribution < 1.29 is 19.8 Å². The Labute approximate surface area is 233 Å². The number of hydrogen-bond donors (Lipinski definition) is 2. The third-order valence-electron chi connectivity index (χ3n) is 6.10. The summed E-state index contributed by atoms with van der Waals surface area (Å²) in [7, 11) is 0. The molecule has 4 nitrogen and oxygen atoms in total. The summed E-state index contributed by atoms with van der Waals surface area (Å²) in [6.45, 7) is 24.1. The fourth-order valence-corrected chi connectivity index (χ4v) is 2.97. The van der Waals surface area contributed by atoms with Crippen LogP contribution in [0.3, 0.4) is 0 Å². The molecule has 2 aromatic rings. The number of hydrogen-bond acceptors (Lipinski definition) is 4.